The maximum absolute atomic E-state index is 11.0. The lowest BCUT2D eigenvalue weighted by molar-refractivity contribution is -0.384. The van der Waals surface area contributed by atoms with Crippen LogP contribution >= 0.6 is 23.2 Å². The fourth-order valence-electron chi connectivity index (χ4n) is 2.80. The second-order valence-corrected chi connectivity index (χ2v) is 7.19. The molecule has 4 aromatic rings. The van der Waals surface area contributed by atoms with Crippen LogP contribution in [0.25, 0.3) is 22.6 Å². The standard InChI is InChI=1S/C21H13Cl2N3O3/c1-12-2-7-18-20(8-12)29-21(25-18)15-10-14(4-6-16(15)22)24-11-13-3-5-17(23)19(9-13)26(27)28/h2-11H,1H3. The van der Waals surface area contributed by atoms with Crippen molar-refractivity contribution in [3.63, 3.8) is 0 Å². The third kappa shape index (κ3) is 3.99. The van der Waals surface area contributed by atoms with E-state index < -0.39 is 4.92 Å². The van der Waals surface area contributed by atoms with Gasteiger partial charge in [0.2, 0.25) is 5.89 Å². The van der Waals surface area contributed by atoms with E-state index in [9.17, 15) is 10.1 Å². The van der Waals surface area contributed by atoms with Crippen molar-refractivity contribution in [2.75, 3.05) is 0 Å². The Bertz CT molecular complexity index is 1280. The van der Waals surface area contributed by atoms with Crippen molar-refractivity contribution in [1.82, 2.24) is 4.98 Å². The number of hydrogen-bond acceptors (Lipinski definition) is 5. The number of benzene rings is 3. The molecule has 0 saturated carbocycles. The van der Waals surface area contributed by atoms with Crippen LogP contribution in [-0.2, 0) is 0 Å². The van der Waals surface area contributed by atoms with Crippen LogP contribution in [0.4, 0.5) is 11.4 Å². The first kappa shape index (κ1) is 19.1. The van der Waals surface area contributed by atoms with Crippen molar-refractivity contribution < 1.29 is 9.34 Å². The van der Waals surface area contributed by atoms with Gasteiger partial charge >= 0.3 is 0 Å². The molecule has 6 nitrogen and oxygen atoms in total. The Kier molecular flexibility index (Phi) is 5.05. The van der Waals surface area contributed by atoms with E-state index in [1.54, 1.807) is 24.3 Å². The summed E-state index contributed by atoms with van der Waals surface area (Å²) in [5.41, 5.74) is 4.08. The van der Waals surface area contributed by atoms with E-state index in [1.165, 1.54) is 18.3 Å². The molecule has 0 saturated heterocycles. The molecule has 4 rings (SSSR count). The number of nitro benzene ring substituents is 1. The maximum atomic E-state index is 11.0. The zero-order valence-electron chi connectivity index (χ0n) is 15.1. The number of nitrogens with zero attached hydrogens (tertiary/aromatic N) is 3. The molecule has 1 heterocycles. The van der Waals surface area contributed by atoms with Gasteiger partial charge in [0.25, 0.3) is 5.69 Å². The first-order valence-electron chi connectivity index (χ1n) is 8.56. The number of aliphatic imine (C=N–C) groups is 1. The van der Waals surface area contributed by atoms with Gasteiger partial charge in [-0.1, -0.05) is 35.3 Å². The van der Waals surface area contributed by atoms with Crippen LogP contribution in [0.3, 0.4) is 0 Å². The van der Waals surface area contributed by atoms with Crippen LogP contribution in [-0.4, -0.2) is 16.1 Å². The fourth-order valence-corrected chi connectivity index (χ4v) is 3.19. The molecule has 8 heteroatoms. The summed E-state index contributed by atoms with van der Waals surface area (Å²) in [7, 11) is 0. The van der Waals surface area contributed by atoms with E-state index >= 15 is 0 Å². The van der Waals surface area contributed by atoms with Gasteiger partial charge in [0, 0.05) is 12.3 Å². The highest BCUT2D eigenvalue weighted by Crippen LogP contribution is 2.33. The molecule has 0 aliphatic carbocycles. The van der Waals surface area contributed by atoms with Gasteiger partial charge < -0.3 is 4.42 Å². The van der Waals surface area contributed by atoms with E-state index in [2.05, 4.69) is 9.98 Å². The molecule has 0 aliphatic rings. The average Bonchev–Trinajstić information content (AvgIpc) is 3.11. The monoisotopic (exact) mass is 425 g/mol. The average molecular weight is 426 g/mol. The van der Waals surface area contributed by atoms with Gasteiger partial charge in [-0.3, -0.25) is 15.1 Å². The van der Waals surface area contributed by atoms with Crippen molar-refractivity contribution in [3.8, 4) is 11.5 Å². The molecule has 0 aliphatic heterocycles. The molecule has 1 aromatic heterocycles. The number of fused-ring (bicyclic) bond motifs is 1. The van der Waals surface area contributed by atoms with Crippen LogP contribution in [0.2, 0.25) is 10.0 Å². The van der Waals surface area contributed by atoms with Crippen LogP contribution in [0.1, 0.15) is 11.1 Å². The van der Waals surface area contributed by atoms with Crippen molar-refractivity contribution in [2.24, 2.45) is 4.99 Å². The SMILES string of the molecule is Cc1ccc2nc(-c3cc(N=Cc4ccc(Cl)c([N+](=O)[O-])c4)ccc3Cl)oc2c1. The molecule has 3 aromatic carbocycles. The van der Waals surface area contributed by atoms with Gasteiger partial charge in [-0.15, -0.1) is 0 Å². The summed E-state index contributed by atoms with van der Waals surface area (Å²) < 4.78 is 5.85. The summed E-state index contributed by atoms with van der Waals surface area (Å²) >= 11 is 12.2. The molecule has 0 unspecified atom stereocenters. The van der Waals surface area contributed by atoms with Gasteiger partial charge in [-0.2, -0.15) is 0 Å². The van der Waals surface area contributed by atoms with Gasteiger partial charge in [0.05, 0.1) is 21.2 Å². The molecule has 29 heavy (non-hydrogen) atoms. The second-order valence-electron chi connectivity index (χ2n) is 6.38. The molecule has 0 radical (unpaired) electrons. The van der Waals surface area contributed by atoms with E-state index in [-0.39, 0.29) is 10.7 Å². The molecule has 0 amide bonds. The molecule has 0 bridgehead atoms. The summed E-state index contributed by atoms with van der Waals surface area (Å²) in [6.45, 7) is 1.98. The van der Waals surface area contributed by atoms with Crippen molar-refractivity contribution in [3.05, 3.63) is 85.9 Å². The summed E-state index contributed by atoms with van der Waals surface area (Å²) in [6, 6.07) is 15.4. The zero-order chi connectivity index (χ0) is 20.5. The quantitative estimate of drug-likeness (QED) is 0.205. The predicted molar refractivity (Wildman–Crippen MR) is 115 cm³/mol. The first-order chi connectivity index (χ1) is 13.9. The molecule has 0 atom stereocenters. The van der Waals surface area contributed by atoms with Crippen LogP contribution in [0.5, 0.6) is 0 Å². The highest BCUT2D eigenvalue weighted by molar-refractivity contribution is 6.33. The van der Waals surface area contributed by atoms with E-state index in [1.807, 2.05) is 25.1 Å². The van der Waals surface area contributed by atoms with Gasteiger partial charge in [0.15, 0.2) is 5.58 Å². The number of nitro groups is 1. The van der Waals surface area contributed by atoms with E-state index in [0.717, 1.165) is 11.1 Å². The first-order valence-corrected chi connectivity index (χ1v) is 9.31. The summed E-state index contributed by atoms with van der Waals surface area (Å²) in [6.07, 6.45) is 1.52. The zero-order valence-corrected chi connectivity index (χ0v) is 16.6. The third-order valence-electron chi connectivity index (χ3n) is 4.25. The highest BCUT2D eigenvalue weighted by Gasteiger charge is 2.14. The normalized spacial score (nSPS) is 11.4. The molecule has 0 N–H and O–H groups in total. The lowest BCUT2D eigenvalue weighted by Crippen LogP contribution is -1.91. The van der Waals surface area contributed by atoms with Crippen molar-refractivity contribution in [1.29, 1.82) is 0 Å². The number of hydrogen-bond donors (Lipinski definition) is 0. The predicted octanol–water partition coefficient (Wildman–Crippen LogP) is 6.77. The number of halogens is 2. The minimum Gasteiger partial charge on any atom is -0.436 e. The Balaban J connectivity index is 1.69. The van der Waals surface area contributed by atoms with Crippen LogP contribution in [0, 0.1) is 17.0 Å². The Morgan fingerprint density at radius 1 is 1.07 bits per heavy atom. The Morgan fingerprint density at radius 2 is 1.86 bits per heavy atom. The lowest BCUT2D eigenvalue weighted by atomic mass is 10.2. The van der Waals surface area contributed by atoms with Gasteiger partial charge in [-0.05, 0) is 54.4 Å². The summed E-state index contributed by atoms with van der Waals surface area (Å²) in [4.78, 5) is 19.4. The minimum absolute atomic E-state index is 0.0760. The molecule has 144 valence electrons. The molecule has 0 fully saturated rings. The number of oxazole rings is 1. The number of aromatic nitrogens is 1. The molecular formula is C21H13Cl2N3O3. The fraction of sp³-hybridized carbons (Fsp3) is 0.0476. The van der Waals surface area contributed by atoms with Gasteiger partial charge in [-0.25, -0.2) is 4.98 Å². The lowest BCUT2D eigenvalue weighted by Gasteiger charge is -2.02. The topological polar surface area (TPSA) is 81.5 Å². The van der Waals surface area contributed by atoms with Crippen LogP contribution in [0.15, 0.2) is 64.0 Å². The molecule has 0 spiro atoms. The van der Waals surface area contributed by atoms with Crippen molar-refractivity contribution >= 4 is 51.9 Å². The Hall–Kier alpha value is -3.22. The number of rotatable bonds is 4. The van der Waals surface area contributed by atoms with E-state index in [4.69, 9.17) is 27.6 Å². The molecular weight excluding hydrogens is 413 g/mol. The summed E-state index contributed by atoms with van der Waals surface area (Å²) in [5, 5.41) is 11.6. The smallest absolute Gasteiger partial charge is 0.288 e. The van der Waals surface area contributed by atoms with E-state index in [0.29, 0.717) is 33.3 Å². The third-order valence-corrected chi connectivity index (χ3v) is 4.90. The number of aryl methyl sites for hydroxylation is 1. The van der Waals surface area contributed by atoms with Crippen LogP contribution < -0.4 is 0 Å². The highest BCUT2D eigenvalue weighted by atomic mass is 35.5. The maximum Gasteiger partial charge on any atom is 0.288 e. The van der Waals surface area contributed by atoms with Gasteiger partial charge in [0.1, 0.15) is 10.5 Å². The second kappa shape index (κ2) is 7.66. The Morgan fingerprint density at radius 3 is 2.66 bits per heavy atom. The Labute approximate surface area is 175 Å². The largest absolute Gasteiger partial charge is 0.436 e. The van der Waals surface area contributed by atoms with Crippen molar-refractivity contribution in [2.45, 2.75) is 6.92 Å². The summed E-state index contributed by atoms with van der Waals surface area (Å²) in [5.74, 6) is 0.398. The minimum atomic E-state index is -0.533.